The van der Waals surface area contributed by atoms with Crippen LogP contribution in [0.4, 0.5) is 0 Å². The highest BCUT2D eigenvalue weighted by molar-refractivity contribution is 7.80. The fourth-order valence-electron chi connectivity index (χ4n) is 1.96. The SMILES string of the molecule is O=C(NNC(=S)NCC[NH+]1CCOCC1)c1ccc[nH]1. The molecule has 1 fully saturated rings. The lowest BCUT2D eigenvalue weighted by molar-refractivity contribution is -0.906. The van der Waals surface area contributed by atoms with Crippen LogP contribution in [0.5, 0.6) is 0 Å². The van der Waals surface area contributed by atoms with Crippen molar-refractivity contribution in [2.24, 2.45) is 0 Å². The summed E-state index contributed by atoms with van der Waals surface area (Å²) in [6.07, 6.45) is 1.69. The predicted octanol–water partition coefficient (Wildman–Crippen LogP) is -1.96. The molecule has 2 heterocycles. The van der Waals surface area contributed by atoms with Crippen LogP contribution in [0.3, 0.4) is 0 Å². The summed E-state index contributed by atoms with van der Waals surface area (Å²) >= 11 is 5.09. The molecular formula is C12H20N5O2S+. The highest BCUT2D eigenvalue weighted by Gasteiger charge is 2.13. The van der Waals surface area contributed by atoms with Gasteiger partial charge in [-0.2, -0.15) is 0 Å². The average Bonchev–Trinajstić information content (AvgIpc) is 3.00. The van der Waals surface area contributed by atoms with Gasteiger partial charge in [-0.15, -0.1) is 0 Å². The predicted molar refractivity (Wildman–Crippen MR) is 78.4 cm³/mol. The molecule has 0 radical (unpaired) electrons. The Morgan fingerprint density at radius 3 is 2.90 bits per heavy atom. The fraction of sp³-hybridized carbons (Fsp3) is 0.500. The van der Waals surface area contributed by atoms with E-state index in [1.807, 2.05) is 0 Å². The van der Waals surface area contributed by atoms with Gasteiger partial charge in [-0.3, -0.25) is 15.6 Å². The molecule has 110 valence electrons. The Morgan fingerprint density at radius 1 is 1.40 bits per heavy atom. The number of nitrogens with one attached hydrogen (secondary N) is 5. The van der Waals surface area contributed by atoms with E-state index in [0.717, 1.165) is 39.4 Å². The van der Waals surface area contributed by atoms with Crippen LogP contribution in [0.25, 0.3) is 0 Å². The molecule has 1 aliphatic heterocycles. The number of carbonyl (C=O) groups excluding carboxylic acids is 1. The van der Waals surface area contributed by atoms with Crippen molar-refractivity contribution in [2.75, 3.05) is 39.4 Å². The van der Waals surface area contributed by atoms with E-state index in [0.29, 0.717) is 10.8 Å². The van der Waals surface area contributed by atoms with Gasteiger partial charge in [-0.1, -0.05) is 0 Å². The minimum atomic E-state index is -0.252. The molecule has 8 heteroatoms. The van der Waals surface area contributed by atoms with Crippen LogP contribution < -0.4 is 21.1 Å². The Bertz CT molecular complexity index is 431. The molecule has 5 N–H and O–H groups in total. The lowest BCUT2D eigenvalue weighted by Crippen LogP contribution is -3.14. The van der Waals surface area contributed by atoms with Gasteiger partial charge in [0, 0.05) is 6.20 Å². The molecule has 1 aliphatic rings. The number of aromatic amines is 1. The number of ether oxygens (including phenoxy) is 1. The molecule has 1 saturated heterocycles. The van der Waals surface area contributed by atoms with Crippen LogP contribution >= 0.6 is 12.2 Å². The summed E-state index contributed by atoms with van der Waals surface area (Å²) in [6, 6.07) is 3.45. The zero-order valence-corrected chi connectivity index (χ0v) is 12.0. The Hall–Kier alpha value is -1.64. The average molecular weight is 298 g/mol. The van der Waals surface area contributed by atoms with E-state index in [4.69, 9.17) is 17.0 Å². The summed E-state index contributed by atoms with van der Waals surface area (Å²) in [5.41, 5.74) is 5.68. The monoisotopic (exact) mass is 298 g/mol. The van der Waals surface area contributed by atoms with Gasteiger partial charge in [0.2, 0.25) is 0 Å². The zero-order chi connectivity index (χ0) is 14.2. The van der Waals surface area contributed by atoms with E-state index in [2.05, 4.69) is 21.2 Å². The van der Waals surface area contributed by atoms with E-state index in [1.165, 1.54) is 4.90 Å². The number of rotatable bonds is 4. The summed E-state index contributed by atoms with van der Waals surface area (Å²) in [5.74, 6) is -0.252. The first-order valence-corrected chi connectivity index (χ1v) is 7.05. The summed E-state index contributed by atoms with van der Waals surface area (Å²) < 4.78 is 5.30. The topological polar surface area (TPSA) is 82.6 Å². The summed E-state index contributed by atoms with van der Waals surface area (Å²) in [5, 5.41) is 3.48. The molecule has 1 aromatic rings. The second kappa shape index (κ2) is 7.83. The Morgan fingerprint density at radius 2 is 2.20 bits per heavy atom. The van der Waals surface area contributed by atoms with Crippen molar-refractivity contribution >= 4 is 23.2 Å². The molecule has 0 bridgehead atoms. The number of quaternary nitrogens is 1. The Balaban J connectivity index is 1.57. The molecule has 20 heavy (non-hydrogen) atoms. The number of carbonyl (C=O) groups is 1. The van der Waals surface area contributed by atoms with Gasteiger partial charge in [0.1, 0.15) is 18.8 Å². The Labute approximate surface area is 123 Å². The molecule has 1 aromatic heterocycles. The number of amides is 1. The largest absolute Gasteiger partial charge is 0.370 e. The van der Waals surface area contributed by atoms with Crippen molar-refractivity contribution in [2.45, 2.75) is 0 Å². The van der Waals surface area contributed by atoms with Crippen molar-refractivity contribution in [3.63, 3.8) is 0 Å². The minimum absolute atomic E-state index is 0.252. The highest BCUT2D eigenvalue weighted by Crippen LogP contribution is 1.91. The lowest BCUT2D eigenvalue weighted by Gasteiger charge is -2.24. The molecule has 0 unspecified atom stereocenters. The molecule has 0 atom stereocenters. The van der Waals surface area contributed by atoms with Crippen LogP contribution in [-0.4, -0.2) is 55.4 Å². The maximum atomic E-state index is 11.6. The van der Waals surface area contributed by atoms with Gasteiger partial charge in [-0.25, -0.2) is 0 Å². The van der Waals surface area contributed by atoms with E-state index < -0.39 is 0 Å². The quantitative estimate of drug-likeness (QED) is 0.329. The van der Waals surface area contributed by atoms with Crippen molar-refractivity contribution in [3.05, 3.63) is 24.0 Å². The van der Waals surface area contributed by atoms with Crippen molar-refractivity contribution in [1.29, 1.82) is 0 Å². The second-order valence-corrected chi connectivity index (χ2v) is 4.94. The molecule has 1 amide bonds. The van der Waals surface area contributed by atoms with Crippen LogP contribution in [0.1, 0.15) is 10.5 Å². The van der Waals surface area contributed by atoms with Gasteiger partial charge in [-0.05, 0) is 24.4 Å². The number of hydrogen-bond donors (Lipinski definition) is 5. The number of hydrazine groups is 1. The smallest absolute Gasteiger partial charge is 0.286 e. The molecule has 2 rings (SSSR count). The maximum absolute atomic E-state index is 11.6. The van der Waals surface area contributed by atoms with Crippen LogP contribution in [0.15, 0.2) is 18.3 Å². The van der Waals surface area contributed by atoms with Gasteiger partial charge < -0.3 is 19.9 Å². The third kappa shape index (κ3) is 4.80. The normalized spacial score (nSPS) is 15.6. The first-order valence-electron chi connectivity index (χ1n) is 6.64. The second-order valence-electron chi connectivity index (χ2n) is 4.53. The first-order chi connectivity index (χ1) is 9.75. The van der Waals surface area contributed by atoms with E-state index in [9.17, 15) is 4.79 Å². The molecule has 7 nitrogen and oxygen atoms in total. The summed E-state index contributed by atoms with van der Waals surface area (Å²) in [4.78, 5) is 15.9. The van der Waals surface area contributed by atoms with Gasteiger partial charge in [0.25, 0.3) is 5.91 Å². The molecule has 0 saturated carbocycles. The molecule has 0 spiro atoms. The number of aromatic nitrogens is 1. The minimum Gasteiger partial charge on any atom is -0.370 e. The number of hydrogen-bond acceptors (Lipinski definition) is 3. The first kappa shape index (κ1) is 14.8. The van der Waals surface area contributed by atoms with E-state index in [-0.39, 0.29) is 5.91 Å². The summed E-state index contributed by atoms with van der Waals surface area (Å²) in [6.45, 7) is 5.46. The van der Waals surface area contributed by atoms with Gasteiger partial charge >= 0.3 is 0 Å². The standard InChI is InChI=1S/C12H19N5O2S/c18-11(10-2-1-3-13-10)15-16-12(20)14-4-5-17-6-8-19-9-7-17/h1-3,13H,4-9H2,(H,15,18)(H2,14,16,20)/p+1. The third-order valence-electron chi connectivity index (χ3n) is 3.10. The number of thiocarbonyl (C=S) groups is 1. The van der Waals surface area contributed by atoms with Crippen LogP contribution in [-0.2, 0) is 4.74 Å². The van der Waals surface area contributed by atoms with Crippen LogP contribution in [0, 0.1) is 0 Å². The van der Waals surface area contributed by atoms with E-state index >= 15 is 0 Å². The van der Waals surface area contributed by atoms with Gasteiger partial charge in [0.05, 0.1) is 26.3 Å². The molecule has 0 aromatic carbocycles. The number of morpholine rings is 1. The Kier molecular flexibility index (Phi) is 5.78. The van der Waals surface area contributed by atoms with Gasteiger partial charge in [0.15, 0.2) is 5.11 Å². The van der Waals surface area contributed by atoms with E-state index in [1.54, 1.807) is 18.3 Å². The maximum Gasteiger partial charge on any atom is 0.286 e. The fourth-order valence-corrected chi connectivity index (χ4v) is 2.11. The molecule has 0 aliphatic carbocycles. The highest BCUT2D eigenvalue weighted by atomic mass is 32.1. The van der Waals surface area contributed by atoms with Crippen molar-refractivity contribution in [3.8, 4) is 0 Å². The van der Waals surface area contributed by atoms with Crippen molar-refractivity contribution in [1.82, 2.24) is 21.2 Å². The third-order valence-corrected chi connectivity index (χ3v) is 3.34. The molecular weight excluding hydrogens is 278 g/mol. The number of H-pyrrole nitrogens is 1. The lowest BCUT2D eigenvalue weighted by atomic mass is 10.4. The van der Waals surface area contributed by atoms with Crippen molar-refractivity contribution < 1.29 is 14.4 Å². The summed E-state index contributed by atoms with van der Waals surface area (Å²) in [7, 11) is 0. The zero-order valence-electron chi connectivity index (χ0n) is 11.2. The van der Waals surface area contributed by atoms with Crippen LogP contribution in [0.2, 0.25) is 0 Å².